The van der Waals surface area contributed by atoms with Gasteiger partial charge in [0.25, 0.3) is 0 Å². The largest absolute Gasteiger partial charge is 0.455 e. The third kappa shape index (κ3) is 5.05. The molecule has 4 aromatic heterocycles. The highest BCUT2D eigenvalue weighted by atomic mass is 16.3. The van der Waals surface area contributed by atoms with E-state index in [9.17, 15) is 0 Å². The van der Waals surface area contributed by atoms with E-state index in [1.54, 1.807) is 0 Å². The molecule has 0 aliphatic heterocycles. The molecule has 12 rings (SSSR count). The number of aromatic nitrogens is 4. The average Bonchev–Trinajstić information content (AvgIpc) is 3.87. The van der Waals surface area contributed by atoms with Crippen LogP contribution in [0.25, 0.3) is 122 Å². The van der Waals surface area contributed by atoms with Gasteiger partial charge >= 0.3 is 0 Å². The van der Waals surface area contributed by atoms with Crippen LogP contribution in [0.4, 0.5) is 0 Å². The van der Waals surface area contributed by atoms with Gasteiger partial charge < -0.3 is 8.83 Å². The molecule has 6 nitrogen and oxygen atoms in total. The summed E-state index contributed by atoms with van der Waals surface area (Å²) in [7, 11) is 0. The second-order valence-electron chi connectivity index (χ2n) is 14.5. The molecule has 0 aliphatic rings. The van der Waals surface area contributed by atoms with E-state index >= 15 is 0 Å². The van der Waals surface area contributed by atoms with Gasteiger partial charge in [-0.05, 0) is 52.2 Å². The van der Waals surface area contributed by atoms with Crippen LogP contribution in [-0.4, -0.2) is 19.9 Å². The van der Waals surface area contributed by atoms with Gasteiger partial charge in [0.2, 0.25) is 0 Å². The highest BCUT2D eigenvalue weighted by Gasteiger charge is 2.20. The van der Waals surface area contributed by atoms with Crippen molar-refractivity contribution in [3.63, 3.8) is 0 Å². The first-order valence-electron chi connectivity index (χ1n) is 19.3. The fourth-order valence-electron chi connectivity index (χ4n) is 8.44. The normalized spacial score (nSPS) is 11.8. The van der Waals surface area contributed by atoms with Crippen LogP contribution >= 0.6 is 0 Å². The lowest BCUT2D eigenvalue weighted by molar-refractivity contribution is 0.669. The second-order valence-corrected chi connectivity index (χ2v) is 14.5. The number of nitrogens with zero attached hydrogens (tertiary/aromatic N) is 4. The molecule has 8 aromatic carbocycles. The molecule has 0 amide bonds. The van der Waals surface area contributed by atoms with E-state index in [-0.39, 0.29) is 0 Å². The number of hydrogen-bond donors (Lipinski definition) is 0. The van der Waals surface area contributed by atoms with Crippen molar-refractivity contribution >= 4 is 65.6 Å². The maximum absolute atomic E-state index is 6.44. The third-order valence-electron chi connectivity index (χ3n) is 11.1. The Hall–Kier alpha value is -7.96. The van der Waals surface area contributed by atoms with Crippen molar-refractivity contribution in [2.24, 2.45) is 0 Å². The van der Waals surface area contributed by atoms with Crippen LogP contribution in [0.3, 0.4) is 0 Å². The topological polar surface area (TPSA) is 77.8 Å². The Morgan fingerprint density at radius 3 is 1.62 bits per heavy atom. The second kappa shape index (κ2) is 12.8. The Bertz CT molecular complexity index is 3590. The van der Waals surface area contributed by atoms with Crippen LogP contribution < -0.4 is 0 Å². The van der Waals surface area contributed by atoms with Gasteiger partial charge in [-0.2, -0.15) is 0 Å². The van der Waals surface area contributed by atoms with Crippen molar-refractivity contribution in [2.45, 2.75) is 0 Å². The van der Waals surface area contributed by atoms with E-state index in [1.165, 1.54) is 0 Å². The minimum absolute atomic E-state index is 0.552. The molecule has 0 saturated heterocycles. The predicted octanol–water partition coefficient (Wildman–Crippen LogP) is 13.7. The van der Waals surface area contributed by atoms with Gasteiger partial charge in [-0.3, -0.25) is 0 Å². The molecule has 58 heavy (non-hydrogen) atoms. The Labute approximate surface area is 331 Å². The number of rotatable bonds is 5. The van der Waals surface area contributed by atoms with Crippen molar-refractivity contribution in [1.29, 1.82) is 0 Å². The fraction of sp³-hybridized carbons (Fsp3) is 0. The number of fused-ring (bicyclic) bond motifs is 9. The molecule has 0 atom stereocenters. The first-order valence-corrected chi connectivity index (χ1v) is 19.3. The highest BCUT2D eigenvalue weighted by molar-refractivity contribution is 6.18. The average molecular weight is 743 g/mol. The first kappa shape index (κ1) is 32.3. The fourth-order valence-corrected chi connectivity index (χ4v) is 8.44. The van der Waals surface area contributed by atoms with E-state index in [4.69, 9.17) is 28.8 Å². The zero-order valence-corrected chi connectivity index (χ0v) is 30.9. The van der Waals surface area contributed by atoms with Crippen LogP contribution in [-0.2, 0) is 0 Å². The molecular weight excluding hydrogens is 713 g/mol. The number of para-hydroxylation sites is 3. The SMILES string of the molecule is c1ccc(-c2nc(-c3cccc(-c4ccc(-c5nc6c7ccccc7oc6c6ccccc56)c5ccccc45)c3)nc(-c3cccc4c3oc3ccccc34)n2)cc1. The smallest absolute Gasteiger partial charge is 0.167 e. The molecule has 0 fully saturated rings. The van der Waals surface area contributed by atoms with E-state index < -0.39 is 0 Å². The van der Waals surface area contributed by atoms with Crippen LogP contribution in [0, 0.1) is 0 Å². The summed E-state index contributed by atoms with van der Waals surface area (Å²) in [6.45, 7) is 0. The molecule has 6 heteroatoms. The molecule has 0 saturated carbocycles. The quantitative estimate of drug-likeness (QED) is 0.175. The molecule has 0 radical (unpaired) electrons. The Kier molecular flexibility index (Phi) is 7.13. The van der Waals surface area contributed by atoms with Gasteiger partial charge in [0.15, 0.2) is 23.1 Å². The standard InChI is InChI=1S/C52H30N4O2/c1-2-14-31(15-3-1)50-54-51(56-52(55-50)43-25-13-24-40-37-20-8-10-26-44(37)57-48(40)43)33-17-12-16-32(30-33)34-28-29-39(36-19-5-4-18-35(34)36)46-38-21-6-7-22-41(38)49-47(53-46)42-23-9-11-27-45(42)58-49/h1-30H. The van der Waals surface area contributed by atoms with Crippen LogP contribution in [0.5, 0.6) is 0 Å². The Morgan fingerprint density at radius 2 is 0.810 bits per heavy atom. The summed E-state index contributed by atoms with van der Waals surface area (Å²) < 4.78 is 12.8. The molecule has 0 unspecified atom stereocenters. The summed E-state index contributed by atoms with van der Waals surface area (Å²) >= 11 is 0. The summed E-state index contributed by atoms with van der Waals surface area (Å²) in [6.07, 6.45) is 0. The van der Waals surface area contributed by atoms with Crippen molar-refractivity contribution < 1.29 is 8.83 Å². The van der Waals surface area contributed by atoms with Crippen LogP contribution in [0.1, 0.15) is 0 Å². The highest BCUT2D eigenvalue weighted by Crippen LogP contribution is 2.42. The van der Waals surface area contributed by atoms with Crippen LogP contribution in [0.2, 0.25) is 0 Å². The summed E-state index contributed by atoms with van der Waals surface area (Å²) in [6, 6.07) is 62.3. The molecule has 4 heterocycles. The van der Waals surface area contributed by atoms with Crippen molar-refractivity contribution in [3.8, 4) is 56.5 Å². The minimum Gasteiger partial charge on any atom is -0.455 e. The summed E-state index contributed by atoms with van der Waals surface area (Å²) in [5.41, 5.74) is 10.8. The maximum Gasteiger partial charge on any atom is 0.167 e. The minimum atomic E-state index is 0.552. The van der Waals surface area contributed by atoms with Gasteiger partial charge in [-0.15, -0.1) is 0 Å². The number of hydrogen-bond acceptors (Lipinski definition) is 6. The summed E-state index contributed by atoms with van der Waals surface area (Å²) in [5.74, 6) is 1.72. The first-order chi connectivity index (χ1) is 28.7. The molecule has 0 N–H and O–H groups in total. The van der Waals surface area contributed by atoms with E-state index in [0.29, 0.717) is 17.5 Å². The zero-order chi connectivity index (χ0) is 38.2. The number of benzene rings is 8. The molecule has 12 aromatic rings. The zero-order valence-electron chi connectivity index (χ0n) is 30.9. The maximum atomic E-state index is 6.44. The van der Waals surface area contributed by atoms with Gasteiger partial charge in [-0.1, -0.05) is 152 Å². The molecule has 0 aliphatic carbocycles. The number of furan rings is 2. The molecule has 0 bridgehead atoms. The van der Waals surface area contributed by atoms with Crippen molar-refractivity contribution in [3.05, 3.63) is 182 Å². The lowest BCUT2D eigenvalue weighted by atomic mass is 9.91. The van der Waals surface area contributed by atoms with E-state index in [2.05, 4.69) is 103 Å². The van der Waals surface area contributed by atoms with E-state index in [0.717, 1.165) is 105 Å². The third-order valence-corrected chi connectivity index (χ3v) is 11.1. The molecule has 270 valence electrons. The lowest BCUT2D eigenvalue weighted by Crippen LogP contribution is -2.00. The van der Waals surface area contributed by atoms with Crippen molar-refractivity contribution in [1.82, 2.24) is 19.9 Å². The predicted molar refractivity (Wildman–Crippen MR) is 234 cm³/mol. The Balaban J connectivity index is 1.03. The lowest BCUT2D eigenvalue weighted by Gasteiger charge is -2.14. The van der Waals surface area contributed by atoms with Gasteiger partial charge in [-0.25, -0.2) is 19.9 Å². The van der Waals surface area contributed by atoms with Crippen LogP contribution in [0.15, 0.2) is 191 Å². The molecular formula is C52H30N4O2. The van der Waals surface area contributed by atoms with Gasteiger partial charge in [0.05, 0.1) is 11.3 Å². The summed E-state index contributed by atoms with van der Waals surface area (Å²) in [4.78, 5) is 20.6. The summed E-state index contributed by atoms with van der Waals surface area (Å²) in [5, 5.41) is 7.42. The van der Waals surface area contributed by atoms with Gasteiger partial charge in [0.1, 0.15) is 22.3 Å². The van der Waals surface area contributed by atoms with Crippen molar-refractivity contribution in [2.75, 3.05) is 0 Å². The number of pyridine rings is 1. The Morgan fingerprint density at radius 1 is 0.293 bits per heavy atom. The molecule has 0 spiro atoms. The van der Waals surface area contributed by atoms with E-state index in [1.807, 2.05) is 78.9 Å². The monoisotopic (exact) mass is 742 g/mol. The van der Waals surface area contributed by atoms with Gasteiger partial charge in [0, 0.05) is 43.6 Å².